The highest BCUT2D eigenvalue weighted by atomic mass is 32.2. The molecule has 5 rings (SSSR count). The average Bonchev–Trinajstić information content (AvgIpc) is 3.45. The van der Waals surface area contributed by atoms with Crippen LogP contribution in [0.4, 0.5) is 11.5 Å². The minimum atomic E-state index is -4.19. The van der Waals surface area contributed by atoms with Crippen molar-refractivity contribution in [3.63, 3.8) is 0 Å². The van der Waals surface area contributed by atoms with Crippen molar-refractivity contribution in [2.24, 2.45) is 0 Å². The van der Waals surface area contributed by atoms with Gasteiger partial charge in [0.1, 0.15) is 16.9 Å². The van der Waals surface area contributed by atoms with E-state index >= 15 is 0 Å². The Morgan fingerprint density at radius 3 is 2.74 bits per heavy atom. The van der Waals surface area contributed by atoms with Gasteiger partial charge in [-0.05, 0) is 42.3 Å². The number of anilines is 2. The number of aromatic nitrogens is 3. The molecule has 0 bridgehead atoms. The van der Waals surface area contributed by atoms with Crippen LogP contribution in [0.1, 0.15) is 12.0 Å². The first-order chi connectivity index (χ1) is 16.9. The van der Waals surface area contributed by atoms with E-state index in [4.69, 9.17) is 18.7 Å². The van der Waals surface area contributed by atoms with E-state index < -0.39 is 10.0 Å². The Hall–Kier alpha value is -3.93. The first-order valence-corrected chi connectivity index (χ1v) is 12.4. The lowest BCUT2D eigenvalue weighted by molar-refractivity contribution is 0.309. The van der Waals surface area contributed by atoms with E-state index in [-0.39, 0.29) is 22.2 Å². The van der Waals surface area contributed by atoms with E-state index in [2.05, 4.69) is 15.0 Å². The number of ether oxygens (including phenoxy) is 3. The zero-order valence-electron chi connectivity index (χ0n) is 19.5. The number of hydrogen-bond acceptors (Lipinski definition) is 9. The monoisotopic (exact) mass is 499 g/mol. The third-order valence-electron chi connectivity index (χ3n) is 5.79. The van der Waals surface area contributed by atoms with Crippen LogP contribution in [0, 0.1) is 0 Å². The first-order valence-electron chi connectivity index (χ1n) is 10.9. The maximum atomic E-state index is 13.7. The van der Waals surface area contributed by atoms with E-state index in [1.54, 1.807) is 35.1 Å². The quantitative estimate of drug-likeness (QED) is 0.409. The fourth-order valence-electron chi connectivity index (χ4n) is 4.16. The summed E-state index contributed by atoms with van der Waals surface area (Å²) in [5.74, 6) is 0.813. The molecule has 0 spiro atoms. The molecular formula is C23H25N5O6S. The summed E-state index contributed by atoms with van der Waals surface area (Å²) in [6, 6.07) is 8.80. The molecule has 184 valence electrons. The average molecular weight is 500 g/mol. The van der Waals surface area contributed by atoms with Crippen molar-refractivity contribution < 1.29 is 27.2 Å². The van der Waals surface area contributed by atoms with E-state index in [1.165, 1.54) is 14.2 Å². The highest BCUT2D eigenvalue weighted by molar-refractivity contribution is 7.93. The topological polar surface area (TPSA) is 121 Å². The van der Waals surface area contributed by atoms with Crippen LogP contribution in [0.2, 0.25) is 0 Å². The molecule has 2 aromatic heterocycles. The maximum absolute atomic E-state index is 13.7. The smallest absolute Gasteiger partial charge is 0.270 e. The molecular weight excluding hydrogens is 474 g/mol. The second-order valence-corrected chi connectivity index (χ2v) is 9.70. The predicted octanol–water partition coefficient (Wildman–Crippen LogP) is 3.11. The molecule has 2 aromatic carbocycles. The van der Waals surface area contributed by atoms with Crippen LogP contribution in [0.15, 0.2) is 52.1 Å². The molecule has 0 atom stereocenters. The van der Waals surface area contributed by atoms with Gasteiger partial charge >= 0.3 is 0 Å². The normalized spacial score (nSPS) is 13.7. The van der Waals surface area contributed by atoms with E-state index in [0.717, 1.165) is 18.5 Å². The summed E-state index contributed by atoms with van der Waals surface area (Å²) in [7, 11) is 0.611. The fourth-order valence-corrected chi connectivity index (χ4v) is 5.48. The number of fused-ring (bicyclic) bond motifs is 2. The van der Waals surface area contributed by atoms with Crippen LogP contribution in [0.3, 0.4) is 0 Å². The summed E-state index contributed by atoms with van der Waals surface area (Å²) in [4.78, 5) is 1.85. The number of benzene rings is 2. The van der Waals surface area contributed by atoms with Crippen molar-refractivity contribution in [3.05, 3.63) is 48.3 Å². The van der Waals surface area contributed by atoms with Crippen molar-refractivity contribution >= 4 is 32.5 Å². The number of rotatable bonds is 7. The number of methoxy groups -OCH3 is 2. The van der Waals surface area contributed by atoms with E-state index in [9.17, 15) is 8.42 Å². The molecule has 1 aliphatic rings. The second kappa shape index (κ2) is 9.02. The van der Waals surface area contributed by atoms with Gasteiger partial charge in [0, 0.05) is 26.0 Å². The van der Waals surface area contributed by atoms with Crippen LogP contribution < -0.4 is 23.8 Å². The molecule has 12 heteroatoms. The van der Waals surface area contributed by atoms with Gasteiger partial charge in [-0.1, -0.05) is 5.16 Å². The summed E-state index contributed by atoms with van der Waals surface area (Å²) in [5, 5.41) is 8.60. The summed E-state index contributed by atoms with van der Waals surface area (Å²) < 4.78 is 53.9. The standard InChI is InChI=1S/C23H25N5O6S/c1-27-9-5-11-33-21-16(27)6-7-17(31-2)22(21)35(29,30)26-23-20-18(32-3)12-15(13-19(20)34-25-23)14-28-10-4-8-24-28/h4,6-8,10,12-13H,5,9,11,14H2,1-3H3,(H,25,26). The number of sulfonamides is 1. The van der Waals surface area contributed by atoms with Gasteiger partial charge in [0.2, 0.25) is 0 Å². The molecule has 0 radical (unpaired) electrons. The van der Waals surface area contributed by atoms with Gasteiger partial charge in [-0.25, -0.2) is 8.42 Å². The molecule has 0 unspecified atom stereocenters. The lowest BCUT2D eigenvalue weighted by Crippen LogP contribution is -2.19. The zero-order chi connectivity index (χ0) is 24.6. The van der Waals surface area contributed by atoms with Gasteiger partial charge in [0.05, 0.1) is 33.1 Å². The largest absolute Gasteiger partial charge is 0.496 e. The Morgan fingerprint density at radius 1 is 1.17 bits per heavy atom. The molecule has 0 saturated heterocycles. The third-order valence-corrected chi connectivity index (χ3v) is 7.18. The Balaban J connectivity index is 1.57. The van der Waals surface area contributed by atoms with Gasteiger partial charge in [-0.3, -0.25) is 9.40 Å². The Morgan fingerprint density at radius 2 is 2.00 bits per heavy atom. The number of nitrogens with zero attached hydrogens (tertiary/aromatic N) is 4. The maximum Gasteiger partial charge on any atom is 0.270 e. The number of hydrogen-bond donors (Lipinski definition) is 1. The van der Waals surface area contributed by atoms with Gasteiger partial charge in [-0.15, -0.1) is 0 Å². The molecule has 3 heterocycles. The highest BCUT2D eigenvalue weighted by Crippen LogP contribution is 2.43. The van der Waals surface area contributed by atoms with Crippen molar-refractivity contribution in [3.8, 4) is 17.2 Å². The Kier molecular flexibility index (Phi) is 5.89. The second-order valence-electron chi connectivity index (χ2n) is 8.08. The molecule has 0 saturated carbocycles. The Bertz CT molecular complexity index is 1470. The molecule has 0 fully saturated rings. The summed E-state index contributed by atoms with van der Waals surface area (Å²) in [6.45, 7) is 1.60. The molecule has 1 aliphatic heterocycles. The van der Waals surface area contributed by atoms with Crippen molar-refractivity contribution in [2.45, 2.75) is 17.9 Å². The lowest BCUT2D eigenvalue weighted by Gasteiger charge is -2.21. The third kappa shape index (κ3) is 4.20. The van der Waals surface area contributed by atoms with Crippen LogP contribution in [0.5, 0.6) is 17.2 Å². The Labute approximate surface area is 202 Å². The van der Waals surface area contributed by atoms with Gasteiger partial charge in [0.25, 0.3) is 10.0 Å². The molecule has 0 aliphatic carbocycles. The predicted molar refractivity (Wildman–Crippen MR) is 129 cm³/mol. The van der Waals surface area contributed by atoms with Crippen LogP contribution in [-0.2, 0) is 16.6 Å². The van der Waals surface area contributed by atoms with Crippen LogP contribution in [0.25, 0.3) is 11.0 Å². The van der Waals surface area contributed by atoms with E-state index in [1.807, 2.05) is 24.2 Å². The molecule has 0 amide bonds. The van der Waals surface area contributed by atoms with Crippen LogP contribution >= 0.6 is 0 Å². The summed E-state index contributed by atoms with van der Waals surface area (Å²) in [5.41, 5.74) is 1.89. The molecule has 1 N–H and O–H groups in total. The molecule has 11 nitrogen and oxygen atoms in total. The van der Waals surface area contributed by atoms with Gasteiger partial charge < -0.3 is 23.6 Å². The van der Waals surface area contributed by atoms with Crippen molar-refractivity contribution in [2.75, 3.05) is 44.0 Å². The minimum Gasteiger partial charge on any atom is -0.496 e. The fraction of sp³-hybridized carbons (Fsp3) is 0.304. The highest BCUT2D eigenvalue weighted by Gasteiger charge is 2.31. The van der Waals surface area contributed by atoms with Gasteiger partial charge in [0.15, 0.2) is 22.0 Å². The summed E-state index contributed by atoms with van der Waals surface area (Å²) in [6.07, 6.45) is 4.29. The SMILES string of the molecule is COc1ccc2c(c1S(=O)(=O)Nc1noc3cc(Cn4cccn4)cc(OC)c13)OCCCN2C. The zero-order valence-corrected chi connectivity index (χ0v) is 20.3. The van der Waals surface area contributed by atoms with Crippen molar-refractivity contribution in [1.82, 2.24) is 14.9 Å². The van der Waals surface area contributed by atoms with Crippen LogP contribution in [-0.4, -0.2) is 57.8 Å². The number of nitrogens with one attached hydrogen (secondary N) is 1. The molecule has 4 aromatic rings. The van der Waals surface area contributed by atoms with Crippen molar-refractivity contribution in [1.29, 1.82) is 0 Å². The summed E-state index contributed by atoms with van der Waals surface area (Å²) >= 11 is 0. The van der Waals surface area contributed by atoms with E-state index in [0.29, 0.717) is 35.6 Å². The first kappa shape index (κ1) is 22.8. The minimum absolute atomic E-state index is 0.00382. The lowest BCUT2D eigenvalue weighted by atomic mass is 10.1. The van der Waals surface area contributed by atoms with Gasteiger partial charge in [-0.2, -0.15) is 5.10 Å². The molecule has 35 heavy (non-hydrogen) atoms.